The third-order valence-electron chi connectivity index (χ3n) is 2.91. The molecule has 1 rings (SSSR count). The molecular formula is C15H24N4O. The van der Waals surface area contributed by atoms with Crippen molar-refractivity contribution in [3.05, 3.63) is 35.4 Å². The van der Waals surface area contributed by atoms with Gasteiger partial charge in [0.1, 0.15) is 6.54 Å². The van der Waals surface area contributed by atoms with Crippen molar-refractivity contribution in [3.63, 3.8) is 0 Å². The van der Waals surface area contributed by atoms with Gasteiger partial charge in [0, 0.05) is 6.54 Å². The second-order valence-electron chi connectivity index (χ2n) is 5.83. The van der Waals surface area contributed by atoms with Gasteiger partial charge < -0.3 is 16.8 Å². The molecule has 0 atom stereocenters. The highest BCUT2D eigenvalue weighted by atomic mass is 16.1. The van der Waals surface area contributed by atoms with Crippen LogP contribution in [0.5, 0.6) is 0 Å². The van der Waals surface area contributed by atoms with E-state index in [4.69, 9.17) is 11.5 Å². The van der Waals surface area contributed by atoms with E-state index in [0.29, 0.717) is 6.54 Å². The summed E-state index contributed by atoms with van der Waals surface area (Å²) in [7, 11) is 0. The van der Waals surface area contributed by atoms with E-state index in [1.807, 2.05) is 0 Å². The summed E-state index contributed by atoms with van der Waals surface area (Å²) in [6, 6.07) is 8.40. The van der Waals surface area contributed by atoms with Crippen LogP contribution in [0.3, 0.4) is 0 Å². The maximum absolute atomic E-state index is 11.4. The van der Waals surface area contributed by atoms with Crippen molar-refractivity contribution in [3.8, 4) is 0 Å². The van der Waals surface area contributed by atoms with Gasteiger partial charge in [-0.05, 0) is 16.5 Å². The Labute approximate surface area is 120 Å². The van der Waals surface area contributed by atoms with Crippen molar-refractivity contribution in [2.45, 2.75) is 32.7 Å². The molecule has 0 fully saturated rings. The molecule has 5 nitrogen and oxygen atoms in total. The topological polar surface area (TPSA) is 93.5 Å². The number of hydrogen-bond donors (Lipinski definition) is 3. The molecule has 20 heavy (non-hydrogen) atoms. The van der Waals surface area contributed by atoms with Crippen molar-refractivity contribution in [1.29, 1.82) is 0 Å². The Kier molecular flexibility index (Phi) is 5.70. The zero-order valence-electron chi connectivity index (χ0n) is 12.4. The third-order valence-corrected chi connectivity index (χ3v) is 2.91. The Bertz CT molecular complexity index is 468. The van der Waals surface area contributed by atoms with Gasteiger partial charge in [-0.15, -0.1) is 0 Å². The fourth-order valence-electron chi connectivity index (χ4n) is 1.70. The zero-order valence-corrected chi connectivity index (χ0v) is 12.4. The van der Waals surface area contributed by atoms with Crippen LogP contribution in [0.15, 0.2) is 29.3 Å². The monoisotopic (exact) mass is 276 g/mol. The van der Waals surface area contributed by atoms with E-state index in [2.05, 4.69) is 55.3 Å². The predicted octanol–water partition coefficient (Wildman–Crippen LogP) is 0.916. The number of carbonyl (C=O) groups is 1. The summed E-state index contributed by atoms with van der Waals surface area (Å²) in [5, 5.41) is 3.08. The van der Waals surface area contributed by atoms with Gasteiger partial charge >= 0.3 is 0 Å². The van der Waals surface area contributed by atoms with Gasteiger partial charge in [-0.1, -0.05) is 45.0 Å². The highest BCUT2D eigenvalue weighted by Gasteiger charge is 2.12. The van der Waals surface area contributed by atoms with E-state index in [1.54, 1.807) is 0 Å². The molecule has 0 aliphatic carbocycles. The standard InChI is InChI=1S/C15H24N4O/c1-15(2,3)12-6-4-11(5-7-12)8-18-9-13(20)10-19-14(16)17/h4-7,18H,8-10H2,1-3H3,(H4,16,17,19). The molecule has 0 saturated heterocycles. The highest BCUT2D eigenvalue weighted by molar-refractivity contribution is 5.85. The van der Waals surface area contributed by atoms with Crippen LogP contribution in [-0.4, -0.2) is 24.8 Å². The SMILES string of the molecule is CC(C)(C)c1ccc(CNCC(=O)CN=C(N)N)cc1. The van der Waals surface area contributed by atoms with Crippen molar-refractivity contribution < 1.29 is 4.79 Å². The second kappa shape index (κ2) is 7.05. The highest BCUT2D eigenvalue weighted by Crippen LogP contribution is 2.21. The molecule has 0 aromatic heterocycles. The minimum absolute atomic E-state index is 0.0261. The third kappa shape index (κ3) is 5.84. The summed E-state index contributed by atoms with van der Waals surface area (Å²) in [6.45, 7) is 7.49. The van der Waals surface area contributed by atoms with Crippen molar-refractivity contribution in [2.24, 2.45) is 16.5 Å². The summed E-state index contributed by atoms with van der Waals surface area (Å²) in [5.41, 5.74) is 12.9. The molecule has 0 aliphatic rings. The maximum Gasteiger partial charge on any atom is 0.186 e. The number of hydrogen-bond acceptors (Lipinski definition) is 3. The lowest BCUT2D eigenvalue weighted by molar-refractivity contribution is -0.116. The average molecular weight is 276 g/mol. The lowest BCUT2D eigenvalue weighted by Crippen LogP contribution is -2.28. The first kappa shape index (κ1) is 16.2. The lowest BCUT2D eigenvalue weighted by Gasteiger charge is -2.19. The fourth-order valence-corrected chi connectivity index (χ4v) is 1.70. The van der Waals surface area contributed by atoms with Crippen LogP contribution < -0.4 is 16.8 Å². The lowest BCUT2D eigenvalue weighted by atomic mass is 9.87. The number of guanidine groups is 1. The Hall–Kier alpha value is -1.88. The Morgan fingerprint density at radius 1 is 1.20 bits per heavy atom. The number of Topliss-reactive ketones (excluding diaryl/α,β-unsaturated/α-hetero) is 1. The molecule has 5 N–H and O–H groups in total. The number of nitrogens with zero attached hydrogens (tertiary/aromatic N) is 1. The van der Waals surface area contributed by atoms with E-state index in [0.717, 1.165) is 5.56 Å². The Balaban J connectivity index is 2.39. The predicted molar refractivity (Wildman–Crippen MR) is 82.5 cm³/mol. The largest absolute Gasteiger partial charge is 0.370 e. The van der Waals surface area contributed by atoms with E-state index in [9.17, 15) is 4.79 Å². The average Bonchev–Trinajstić information content (AvgIpc) is 2.36. The number of nitrogens with two attached hydrogens (primary N) is 2. The van der Waals surface area contributed by atoms with Crippen LogP contribution >= 0.6 is 0 Å². The minimum Gasteiger partial charge on any atom is -0.370 e. The summed E-state index contributed by atoms with van der Waals surface area (Å²) in [6.07, 6.45) is 0. The first-order chi connectivity index (χ1) is 9.29. The molecule has 5 heteroatoms. The van der Waals surface area contributed by atoms with Crippen LogP contribution in [0.1, 0.15) is 31.9 Å². The van der Waals surface area contributed by atoms with E-state index < -0.39 is 0 Å². The van der Waals surface area contributed by atoms with Gasteiger partial charge in [0.2, 0.25) is 0 Å². The van der Waals surface area contributed by atoms with Crippen LogP contribution in [0.25, 0.3) is 0 Å². The first-order valence-corrected chi connectivity index (χ1v) is 6.66. The van der Waals surface area contributed by atoms with Gasteiger partial charge in [-0.25, -0.2) is 4.99 Å². The summed E-state index contributed by atoms with van der Waals surface area (Å²) >= 11 is 0. The second-order valence-corrected chi connectivity index (χ2v) is 5.83. The van der Waals surface area contributed by atoms with E-state index in [-0.39, 0.29) is 30.2 Å². The van der Waals surface area contributed by atoms with E-state index >= 15 is 0 Å². The molecule has 0 aliphatic heterocycles. The Morgan fingerprint density at radius 2 is 1.80 bits per heavy atom. The van der Waals surface area contributed by atoms with Crippen LogP contribution in [0.4, 0.5) is 0 Å². The van der Waals surface area contributed by atoms with Gasteiger partial charge in [0.05, 0.1) is 6.54 Å². The number of ketones is 1. The molecule has 0 heterocycles. The van der Waals surface area contributed by atoms with Gasteiger partial charge in [-0.3, -0.25) is 4.79 Å². The van der Waals surface area contributed by atoms with Crippen LogP contribution in [0, 0.1) is 0 Å². The molecule has 110 valence electrons. The van der Waals surface area contributed by atoms with E-state index in [1.165, 1.54) is 5.56 Å². The molecular weight excluding hydrogens is 252 g/mol. The molecule has 1 aromatic rings. The normalized spacial score (nSPS) is 11.2. The molecule has 0 bridgehead atoms. The maximum atomic E-state index is 11.4. The van der Waals surface area contributed by atoms with Gasteiger partial charge in [0.15, 0.2) is 11.7 Å². The minimum atomic E-state index is -0.0591. The number of nitrogens with one attached hydrogen (secondary N) is 1. The number of carbonyl (C=O) groups excluding carboxylic acids is 1. The van der Waals surface area contributed by atoms with Crippen molar-refractivity contribution in [1.82, 2.24) is 5.32 Å². The first-order valence-electron chi connectivity index (χ1n) is 6.66. The summed E-state index contributed by atoms with van der Waals surface area (Å²) < 4.78 is 0. The number of aliphatic imine (C=N–C) groups is 1. The Morgan fingerprint density at radius 3 is 2.30 bits per heavy atom. The molecule has 0 amide bonds. The van der Waals surface area contributed by atoms with Crippen molar-refractivity contribution in [2.75, 3.05) is 13.1 Å². The fraction of sp³-hybridized carbons (Fsp3) is 0.467. The number of rotatable bonds is 6. The van der Waals surface area contributed by atoms with Gasteiger partial charge in [-0.2, -0.15) is 0 Å². The van der Waals surface area contributed by atoms with Crippen LogP contribution in [-0.2, 0) is 16.8 Å². The number of benzene rings is 1. The van der Waals surface area contributed by atoms with Crippen LogP contribution in [0.2, 0.25) is 0 Å². The molecule has 0 unspecified atom stereocenters. The smallest absolute Gasteiger partial charge is 0.186 e. The quantitative estimate of drug-likeness (QED) is 0.532. The summed E-state index contributed by atoms with van der Waals surface area (Å²) in [4.78, 5) is 15.1. The molecule has 0 radical (unpaired) electrons. The van der Waals surface area contributed by atoms with Crippen molar-refractivity contribution >= 4 is 11.7 Å². The van der Waals surface area contributed by atoms with Gasteiger partial charge in [0.25, 0.3) is 0 Å². The summed E-state index contributed by atoms with van der Waals surface area (Å²) in [5.74, 6) is -0.0965. The molecule has 1 aromatic carbocycles. The zero-order chi connectivity index (χ0) is 15.2. The molecule has 0 saturated carbocycles. The molecule has 0 spiro atoms.